The van der Waals surface area contributed by atoms with Crippen LogP contribution < -0.4 is 0 Å². The lowest BCUT2D eigenvalue weighted by molar-refractivity contribution is 0.0381. The van der Waals surface area contributed by atoms with E-state index >= 15 is 0 Å². The van der Waals surface area contributed by atoms with E-state index in [1.807, 2.05) is 0 Å². The fourth-order valence-corrected chi connectivity index (χ4v) is 3.09. The molecule has 2 aromatic carbocycles. The van der Waals surface area contributed by atoms with Gasteiger partial charge >= 0.3 is 0 Å². The van der Waals surface area contributed by atoms with Gasteiger partial charge in [-0.2, -0.15) is 0 Å². The number of halogens is 3. The van der Waals surface area contributed by atoms with Crippen molar-refractivity contribution in [3.63, 3.8) is 0 Å². The second-order valence-electron chi connectivity index (χ2n) is 5.21. The minimum Gasteiger partial charge on any atom is -0.385 e. The van der Waals surface area contributed by atoms with Crippen LogP contribution in [0.1, 0.15) is 23.1 Å². The molecule has 0 aliphatic heterocycles. The molecule has 3 rings (SSSR count). The topological polar surface area (TPSA) is 20.2 Å². The predicted octanol–water partition coefficient (Wildman–Crippen LogP) is 3.99. The molecule has 104 valence electrons. The smallest absolute Gasteiger partial charge is 0.126 e. The summed E-state index contributed by atoms with van der Waals surface area (Å²) in [5, 5.41) is 11.2. The van der Waals surface area contributed by atoms with Gasteiger partial charge in [-0.25, -0.2) is 8.78 Å². The highest BCUT2D eigenvalue weighted by atomic mass is 35.5. The minimum absolute atomic E-state index is 0.0931. The highest BCUT2D eigenvalue weighted by Gasteiger charge is 2.38. The van der Waals surface area contributed by atoms with Crippen LogP contribution in [0.15, 0.2) is 36.4 Å². The third kappa shape index (κ3) is 2.21. The van der Waals surface area contributed by atoms with Crippen LogP contribution in [0, 0.1) is 11.6 Å². The summed E-state index contributed by atoms with van der Waals surface area (Å²) in [7, 11) is 0. The molecular weight excluding hydrogens is 282 g/mol. The molecule has 1 aliphatic carbocycles. The van der Waals surface area contributed by atoms with E-state index < -0.39 is 11.4 Å². The fourth-order valence-electron chi connectivity index (χ4n) is 2.89. The van der Waals surface area contributed by atoms with Crippen molar-refractivity contribution >= 4 is 11.6 Å². The Kier molecular flexibility index (Phi) is 3.27. The van der Waals surface area contributed by atoms with Crippen LogP contribution in [0.3, 0.4) is 0 Å². The van der Waals surface area contributed by atoms with Crippen LogP contribution in [-0.4, -0.2) is 5.11 Å². The van der Waals surface area contributed by atoms with Gasteiger partial charge in [0.2, 0.25) is 0 Å². The molecule has 0 heterocycles. The Hall–Kier alpha value is -1.45. The van der Waals surface area contributed by atoms with Crippen molar-refractivity contribution in [2.75, 3.05) is 0 Å². The zero-order valence-electron chi connectivity index (χ0n) is 10.7. The van der Waals surface area contributed by atoms with E-state index in [1.54, 1.807) is 12.1 Å². The molecule has 0 bridgehead atoms. The van der Waals surface area contributed by atoms with Gasteiger partial charge in [0, 0.05) is 11.4 Å². The molecule has 0 radical (unpaired) electrons. The van der Waals surface area contributed by atoms with Gasteiger partial charge in [-0.05, 0) is 53.8 Å². The molecule has 0 spiro atoms. The lowest BCUT2D eigenvalue weighted by Gasteiger charge is -2.24. The van der Waals surface area contributed by atoms with Gasteiger partial charge in [0.15, 0.2) is 0 Å². The van der Waals surface area contributed by atoms with Gasteiger partial charge in [0.25, 0.3) is 0 Å². The molecule has 2 aromatic rings. The average molecular weight is 295 g/mol. The van der Waals surface area contributed by atoms with Gasteiger partial charge in [-0.15, -0.1) is 0 Å². The summed E-state index contributed by atoms with van der Waals surface area (Å²) in [6.07, 6.45) is 0.936. The van der Waals surface area contributed by atoms with Crippen LogP contribution >= 0.6 is 11.6 Å². The fraction of sp³-hybridized carbons (Fsp3) is 0.250. The van der Waals surface area contributed by atoms with Gasteiger partial charge in [0.05, 0.1) is 5.60 Å². The number of rotatable bonds is 2. The maximum atomic E-state index is 13.8. The highest BCUT2D eigenvalue weighted by molar-refractivity contribution is 6.30. The summed E-state index contributed by atoms with van der Waals surface area (Å²) in [5.74, 6) is -0.724. The molecular formula is C16H13ClF2O. The van der Waals surface area contributed by atoms with E-state index in [-0.39, 0.29) is 12.2 Å². The Morgan fingerprint density at radius 2 is 1.95 bits per heavy atom. The molecule has 1 atom stereocenters. The molecule has 0 amide bonds. The standard InChI is InChI=1S/C16H13ClF2O/c17-11-4-5-14(18)10(8-11)9-16(20)7-6-12-13(16)2-1-3-15(12)19/h1-5,8,20H,6-7,9H2. The van der Waals surface area contributed by atoms with E-state index in [0.29, 0.717) is 34.6 Å². The Balaban J connectivity index is 2.00. The van der Waals surface area contributed by atoms with Crippen molar-refractivity contribution in [1.29, 1.82) is 0 Å². The van der Waals surface area contributed by atoms with E-state index in [1.165, 1.54) is 24.3 Å². The Morgan fingerprint density at radius 1 is 1.15 bits per heavy atom. The quantitative estimate of drug-likeness (QED) is 0.888. The maximum absolute atomic E-state index is 13.8. The van der Waals surface area contributed by atoms with E-state index in [2.05, 4.69) is 0 Å². The summed E-state index contributed by atoms with van der Waals surface area (Å²) in [6, 6.07) is 8.90. The zero-order chi connectivity index (χ0) is 14.3. The molecule has 0 aromatic heterocycles. The number of aliphatic hydroxyl groups is 1. The number of fused-ring (bicyclic) bond motifs is 1. The Morgan fingerprint density at radius 3 is 2.75 bits per heavy atom. The molecule has 0 saturated carbocycles. The average Bonchev–Trinajstić information content (AvgIpc) is 2.73. The van der Waals surface area contributed by atoms with Gasteiger partial charge in [0.1, 0.15) is 11.6 Å². The maximum Gasteiger partial charge on any atom is 0.126 e. The first-order chi connectivity index (χ1) is 9.49. The van der Waals surface area contributed by atoms with Crippen molar-refractivity contribution in [3.8, 4) is 0 Å². The van der Waals surface area contributed by atoms with Gasteiger partial charge < -0.3 is 5.11 Å². The molecule has 0 fully saturated rings. The molecule has 0 saturated heterocycles. The molecule has 20 heavy (non-hydrogen) atoms. The monoisotopic (exact) mass is 294 g/mol. The number of hydrogen-bond donors (Lipinski definition) is 1. The highest BCUT2D eigenvalue weighted by Crippen LogP contribution is 2.40. The summed E-state index contributed by atoms with van der Waals surface area (Å²) in [4.78, 5) is 0. The second-order valence-corrected chi connectivity index (χ2v) is 5.65. The molecule has 1 aliphatic rings. The van der Waals surface area contributed by atoms with Crippen molar-refractivity contribution in [1.82, 2.24) is 0 Å². The van der Waals surface area contributed by atoms with Crippen LogP contribution in [0.5, 0.6) is 0 Å². The zero-order valence-corrected chi connectivity index (χ0v) is 11.4. The van der Waals surface area contributed by atoms with E-state index in [4.69, 9.17) is 11.6 Å². The first kappa shape index (κ1) is 13.5. The summed E-state index contributed by atoms with van der Waals surface area (Å²) < 4.78 is 27.5. The lowest BCUT2D eigenvalue weighted by atomic mass is 9.88. The van der Waals surface area contributed by atoms with Crippen molar-refractivity contribution in [3.05, 3.63) is 69.7 Å². The van der Waals surface area contributed by atoms with Crippen LogP contribution in [0.4, 0.5) is 8.78 Å². The van der Waals surface area contributed by atoms with Crippen LogP contribution in [-0.2, 0) is 18.4 Å². The Bertz CT molecular complexity index is 672. The largest absolute Gasteiger partial charge is 0.385 e. The lowest BCUT2D eigenvalue weighted by Crippen LogP contribution is -2.26. The third-order valence-corrected chi connectivity index (χ3v) is 4.13. The molecule has 1 N–H and O–H groups in total. The predicted molar refractivity (Wildman–Crippen MR) is 73.7 cm³/mol. The molecule has 1 unspecified atom stereocenters. The second kappa shape index (κ2) is 4.83. The number of hydrogen-bond acceptors (Lipinski definition) is 1. The SMILES string of the molecule is OC1(Cc2cc(Cl)ccc2F)CCc2c(F)cccc21. The van der Waals surface area contributed by atoms with Gasteiger partial charge in [-0.1, -0.05) is 23.7 Å². The van der Waals surface area contributed by atoms with Gasteiger partial charge in [-0.3, -0.25) is 0 Å². The Labute approximate surface area is 120 Å². The molecule has 4 heteroatoms. The normalized spacial score (nSPS) is 21.0. The summed E-state index contributed by atoms with van der Waals surface area (Å²) in [6.45, 7) is 0. The van der Waals surface area contributed by atoms with E-state index in [9.17, 15) is 13.9 Å². The van der Waals surface area contributed by atoms with Crippen LogP contribution in [0.2, 0.25) is 5.02 Å². The van der Waals surface area contributed by atoms with Crippen molar-refractivity contribution < 1.29 is 13.9 Å². The van der Waals surface area contributed by atoms with E-state index in [0.717, 1.165) is 0 Å². The van der Waals surface area contributed by atoms with Crippen molar-refractivity contribution in [2.24, 2.45) is 0 Å². The first-order valence-corrected chi connectivity index (χ1v) is 6.81. The first-order valence-electron chi connectivity index (χ1n) is 6.44. The van der Waals surface area contributed by atoms with Crippen LogP contribution in [0.25, 0.3) is 0 Å². The number of benzene rings is 2. The summed E-state index contributed by atoms with van der Waals surface area (Å²) in [5.41, 5.74) is 0.189. The third-order valence-electron chi connectivity index (χ3n) is 3.90. The van der Waals surface area contributed by atoms with Crippen molar-refractivity contribution in [2.45, 2.75) is 24.9 Å². The minimum atomic E-state index is -1.23. The summed E-state index contributed by atoms with van der Waals surface area (Å²) >= 11 is 5.86. The molecule has 1 nitrogen and oxygen atoms in total.